The first-order valence-electron chi connectivity index (χ1n) is 11.1. The van der Waals surface area contributed by atoms with E-state index >= 15 is 0 Å². The summed E-state index contributed by atoms with van der Waals surface area (Å²) in [6.45, 7) is 12.0. The van der Waals surface area contributed by atoms with Crippen molar-refractivity contribution in [2.75, 3.05) is 19.6 Å². The second-order valence-electron chi connectivity index (χ2n) is 10.1. The molecule has 2 amide bonds. The third kappa shape index (κ3) is 4.26. The molecular weight excluding hydrogens is 366 g/mol. The number of likely N-dealkylation sites (tertiary alicyclic amines) is 2. The van der Waals surface area contributed by atoms with Gasteiger partial charge in [-0.3, -0.25) is 14.6 Å². The number of hydrogen-bond acceptors (Lipinski definition) is 4. The Morgan fingerprint density at radius 3 is 2.48 bits per heavy atom. The van der Waals surface area contributed by atoms with E-state index in [0.717, 1.165) is 32.4 Å². The average Bonchev–Trinajstić information content (AvgIpc) is 3.14. The minimum absolute atomic E-state index is 0.00932. The standard InChI is InChI=1S/C23H37N3O3/c1-7-12-23(13-8-14-25(23)21(28)29-22(4,5)6)20(27)24-15-11-18-9-10-19(16-24)26(18)17(2)3/h1,17-19H,8-16H2,2-6H3. The number of nitrogens with zero attached hydrogens (tertiary/aromatic N) is 3. The lowest BCUT2D eigenvalue weighted by Gasteiger charge is -2.40. The number of amides is 2. The summed E-state index contributed by atoms with van der Waals surface area (Å²) in [6, 6.07) is 1.42. The lowest BCUT2D eigenvalue weighted by Crippen LogP contribution is -2.60. The summed E-state index contributed by atoms with van der Waals surface area (Å²) in [5, 5.41) is 0. The van der Waals surface area contributed by atoms with Crippen molar-refractivity contribution in [2.24, 2.45) is 0 Å². The van der Waals surface area contributed by atoms with Gasteiger partial charge in [-0.15, -0.1) is 12.3 Å². The molecule has 29 heavy (non-hydrogen) atoms. The molecule has 3 aliphatic heterocycles. The molecule has 2 bridgehead atoms. The summed E-state index contributed by atoms with van der Waals surface area (Å²) in [7, 11) is 0. The highest BCUT2D eigenvalue weighted by molar-refractivity contribution is 5.91. The van der Waals surface area contributed by atoms with E-state index < -0.39 is 17.2 Å². The van der Waals surface area contributed by atoms with Crippen LogP contribution in [-0.2, 0) is 9.53 Å². The number of carbonyl (C=O) groups is 2. The summed E-state index contributed by atoms with van der Waals surface area (Å²) >= 11 is 0. The molecule has 0 aliphatic carbocycles. The molecule has 162 valence electrons. The molecule has 6 nitrogen and oxygen atoms in total. The molecule has 0 spiro atoms. The fraction of sp³-hybridized carbons (Fsp3) is 0.826. The lowest BCUT2D eigenvalue weighted by atomic mass is 9.90. The van der Waals surface area contributed by atoms with Crippen molar-refractivity contribution in [3.8, 4) is 12.3 Å². The van der Waals surface area contributed by atoms with E-state index in [9.17, 15) is 9.59 Å². The Morgan fingerprint density at radius 2 is 1.86 bits per heavy atom. The van der Waals surface area contributed by atoms with Crippen LogP contribution >= 0.6 is 0 Å². The third-order valence-corrected chi connectivity index (χ3v) is 6.62. The van der Waals surface area contributed by atoms with Crippen LogP contribution in [0.25, 0.3) is 0 Å². The molecule has 3 rings (SSSR count). The SMILES string of the molecule is C#CCC1(C(=O)N2CCC3CCC(C2)N3C(C)C)CCCN1C(=O)OC(C)(C)C. The van der Waals surface area contributed by atoms with E-state index in [4.69, 9.17) is 11.2 Å². The molecule has 0 radical (unpaired) electrons. The van der Waals surface area contributed by atoms with Gasteiger partial charge in [-0.2, -0.15) is 0 Å². The number of terminal acetylenes is 1. The van der Waals surface area contributed by atoms with Gasteiger partial charge >= 0.3 is 6.09 Å². The van der Waals surface area contributed by atoms with Crippen molar-refractivity contribution >= 4 is 12.0 Å². The number of carbonyl (C=O) groups excluding carboxylic acids is 2. The third-order valence-electron chi connectivity index (χ3n) is 6.62. The van der Waals surface area contributed by atoms with Gasteiger partial charge in [0.15, 0.2) is 0 Å². The highest BCUT2D eigenvalue weighted by Crippen LogP contribution is 2.38. The smallest absolute Gasteiger partial charge is 0.411 e. The largest absolute Gasteiger partial charge is 0.444 e. The number of fused-ring (bicyclic) bond motifs is 2. The molecule has 3 heterocycles. The van der Waals surface area contributed by atoms with Gasteiger partial charge in [-0.1, -0.05) is 0 Å². The van der Waals surface area contributed by atoms with Crippen molar-refractivity contribution in [1.82, 2.24) is 14.7 Å². The van der Waals surface area contributed by atoms with Crippen molar-refractivity contribution in [1.29, 1.82) is 0 Å². The number of hydrogen-bond donors (Lipinski definition) is 0. The summed E-state index contributed by atoms with van der Waals surface area (Å²) in [4.78, 5) is 33.0. The zero-order valence-electron chi connectivity index (χ0n) is 18.7. The normalized spacial score (nSPS) is 30.4. The first-order chi connectivity index (χ1) is 13.6. The van der Waals surface area contributed by atoms with Crippen LogP contribution < -0.4 is 0 Å². The van der Waals surface area contributed by atoms with Gasteiger partial charge in [-0.05, 0) is 66.7 Å². The Balaban J connectivity index is 1.84. The molecule has 3 fully saturated rings. The van der Waals surface area contributed by atoms with Crippen LogP contribution in [0.15, 0.2) is 0 Å². The Kier molecular flexibility index (Phi) is 6.19. The van der Waals surface area contributed by atoms with E-state index in [0.29, 0.717) is 31.1 Å². The maximum atomic E-state index is 13.9. The van der Waals surface area contributed by atoms with Crippen LogP contribution in [0.1, 0.15) is 73.1 Å². The maximum Gasteiger partial charge on any atom is 0.411 e. The summed E-state index contributed by atoms with van der Waals surface area (Å²) in [5.74, 6) is 2.70. The summed E-state index contributed by atoms with van der Waals surface area (Å²) in [6.07, 6.45) is 10.2. The molecule has 0 saturated carbocycles. The predicted octanol–water partition coefficient (Wildman–Crippen LogP) is 3.25. The van der Waals surface area contributed by atoms with Crippen LogP contribution in [0.5, 0.6) is 0 Å². The zero-order valence-corrected chi connectivity index (χ0v) is 18.7. The van der Waals surface area contributed by atoms with Gasteiger partial charge in [0.05, 0.1) is 0 Å². The minimum Gasteiger partial charge on any atom is -0.444 e. The Labute approximate surface area is 175 Å². The van der Waals surface area contributed by atoms with E-state index in [1.165, 1.54) is 6.42 Å². The van der Waals surface area contributed by atoms with Crippen LogP contribution in [0.2, 0.25) is 0 Å². The van der Waals surface area contributed by atoms with Crippen molar-refractivity contribution in [3.63, 3.8) is 0 Å². The minimum atomic E-state index is -0.969. The van der Waals surface area contributed by atoms with E-state index in [1.807, 2.05) is 25.7 Å². The monoisotopic (exact) mass is 403 g/mol. The first kappa shape index (κ1) is 22.0. The molecule has 0 N–H and O–H groups in total. The molecular formula is C23H37N3O3. The molecule has 0 aromatic carbocycles. The number of rotatable bonds is 3. The van der Waals surface area contributed by atoms with Crippen LogP contribution in [0, 0.1) is 12.3 Å². The van der Waals surface area contributed by atoms with E-state index in [1.54, 1.807) is 4.90 Å². The lowest BCUT2D eigenvalue weighted by molar-refractivity contribution is -0.143. The van der Waals surface area contributed by atoms with Crippen LogP contribution in [0.4, 0.5) is 4.79 Å². The average molecular weight is 404 g/mol. The van der Waals surface area contributed by atoms with E-state index in [-0.39, 0.29) is 12.3 Å². The summed E-state index contributed by atoms with van der Waals surface area (Å²) < 4.78 is 5.62. The quantitative estimate of drug-likeness (QED) is 0.679. The second kappa shape index (κ2) is 8.18. The molecule has 3 atom stereocenters. The fourth-order valence-corrected chi connectivity index (χ4v) is 5.54. The summed E-state index contributed by atoms with van der Waals surface area (Å²) in [5.41, 5.74) is -1.58. The maximum absolute atomic E-state index is 13.9. The molecule has 0 aromatic heterocycles. The van der Waals surface area contributed by atoms with Crippen molar-refractivity contribution in [2.45, 2.75) is 102 Å². The van der Waals surface area contributed by atoms with E-state index in [2.05, 4.69) is 24.7 Å². The Bertz CT molecular complexity index is 678. The first-order valence-corrected chi connectivity index (χ1v) is 11.1. The fourth-order valence-electron chi connectivity index (χ4n) is 5.54. The predicted molar refractivity (Wildman–Crippen MR) is 113 cm³/mol. The van der Waals surface area contributed by atoms with Gasteiger partial charge in [0, 0.05) is 44.2 Å². The van der Waals surface area contributed by atoms with Gasteiger partial charge in [0.2, 0.25) is 5.91 Å². The Morgan fingerprint density at radius 1 is 1.17 bits per heavy atom. The molecule has 6 heteroatoms. The molecule has 3 aliphatic rings. The van der Waals surface area contributed by atoms with Crippen molar-refractivity contribution < 1.29 is 14.3 Å². The highest BCUT2D eigenvalue weighted by Gasteiger charge is 2.53. The highest BCUT2D eigenvalue weighted by atomic mass is 16.6. The van der Waals surface area contributed by atoms with Gasteiger partial charge in [0.25, 0.3) is 0 Å². The van der Waals surface area contributed by atoms with Crippen LogP contribution in [0.3, 0.4) is 0 Å². The van der Waals surface area contributed by atoms with Crippen molar-refractivity contribution in [3.05, 3.63) is 0 Å². The zero-order chi connectivity index (χ0) is 21.4. The molecule has 3 saturated heterocycles. The topological polar surface area (TPSA) is 53.1 Å². The molecule has 0 aromatic rings. The Hall–Kier alpha value is -1.74. The second-order valence-corrected chi connectivity index (χ2v) is 10.1. The molecule has 3 unspecified atom stereocenters. The van der Waals surface area contributed by atoms with Gasteiger partial charge in [0.1, 0.15) is 11.1 Å². The van der Waals surface area contributed by atoms with Gasteiger partial charge in [-0.25, -0.2) is 4.79 Å². The van der Waals surface area contributed by atoms with Crippen LogP contribution in [-0.4, -0.2) is 75.6 Å². The van der Waals surface area contributed by atoms with Gasteiger partial charge < -0.3 is 9.64 Å². The number of ether oxygens (including phenoxy) is 1.